The van der Waals surface area contributed by atoms with Crippen molar-refractivity contribution in [2.24, 2.45) is 0 Å². The molecule has 8 heteroatoms. The molecular formula is C12H30O5Si3. The van der Waals surface area contributed by atoms with Crippen LogP contribution < -0.4 is 0 Å². The summed E-state index contributed by atoms with van der Waals surface area (Å²) >= 11 is 0. The minimum absolute atomic E-state index is 0.350. The van der Waals surface area contributed by atoms with Crippen LogP contribution in [-0.4, -0.2) is 53.7 Å². The molecule has 20 heavy (non-hydrogen) atoms. The summed E-state index contributed by atoms with van der Waals surface area (Å²) in [6.07, 6.45) is 0.320. The molecule has 2 unspecified atom stereocenters. The second-order valence-electron chi connectivity index (χ2n) is 7.10. The van der Waals surface area contributed by atoms with Crippen molar-refractivity contribution in [3.8, 4) is 0 Å². The maximum atomic E-state index is 11.5. The van der Waals surface area contributed by atoms with E-state index in [1.54, 1.807) is 0 Å². The Kier molecular flexibility index (Phi) is 7.49. The summed E-state index contributed by atoms with van der Waals surface area (Å²) < 4.78 is 12.0. The molecule has 2 N–H and O–H groups in total. The number of hydrogen-bond acceptors (Lipinski definition) is 5. The Morgan fingerprint density at radius 3 is 1.80 bits per heavy atom. The van der Waals surface area contributed by atoms with Crippen LogP contribution in [-0.2, 0) is 13.0 Å². The maximum absolute atomic E-state index is 11.5. The average Bonchev–Trinajstić information content (AvgIpc) is 2.23. The van der Waals surface area contributed by atoms with Gasteiger partial charge in [0, 0.05) is 0 Å². The number of carbonyl (C=O) groups is 1. The third kappa shape index (κ3) is 6.74. The topological polar surface area (TPSA) is 76.0 Å². The number of rotatable bonds is 9. The first-order valence-electron chi connectivity index (χ1n) is 7.08. The molecule has 120 valence electrons. The summed E-state index contributed by atoms with van der Waals surface area (Å²) in [5, 5.41) is 18.9. The first-order valence-corrected chi connectivity index (χ1v) is 15.4. The van der Waals surface area contributed by atoms with Crippen molar-refractivity contribution in [3.63, 3.8) is 0 Å². The Bertz CT molecular complexity index is 297. The Labute approximate surface area is 126 Å². The van der Waals surface area contributed by atoms with Gasteiger partial charge in [-0.05, 0) is 45.7 Å². The van der Waals surface area contributed by atoms with E-state index >= 15 is 0 Å². The molecule has 0 radical (unpaired) electrons. The highest BCUT2D eigenvalue weighted by Gasteiger charge is 2.50. The monoisotopic (exact) mass is 338 g/mol. The lowest BCUT2D eigenvalue weighted by Gasteiger charge is -2.39. The van der Waals surface area contributed by atoms with Gasteiger partial charge in [-0.15, -0.1) is 0 Å². The van der Waals surface area contributed by atoms with Gasteiger partial charge in [0.2, 0.25) is 0 Å². The van der Waals surface area contributed by atoms with Crippen molar-refractivity contribution in [1.29, 1.82) is 0 Å². The summed E-state index contributed by atoms with van der Waals surface area (Å²) in [4.78, 5) is 11.5. The van der Waals surface area contributed by atoms with E-state index in [0.29, 0.717) is 19.1 Å². The molecule has 0 aromatic rings. The van der Waals surface area contributed by atoms with Gasteiger partial charge in [-0.25, -0.2) is 0 Å². The molecule has 0 spiro atoms. The van der Waals surface area contributed by atoms with E-state index in [4.69, 9.17) is 8.23 Å². The molecule has 2 atom stereocenters. The molecule has 0 aromatic carbocycles. The van der Waals surface area contributed by atoms with E-state index in [9.17, 15) is 15.0 Å². The summed E-state index contributed by atoms with van der Waals surface area (Å²) in [5.74, 6) is 0. The van der Waals surface area contributed by atoms with Gasteiger partial charge in [-0.3, -0.25) is 0 Å². The number of aliphatic hydroxyl groups is 2. The molecule has 0 aliphatic heterocycles. The van der Waals surface area contributed by atoms with E-state index in [0.717, 1.165) is 0 Å². The molecule has 0 rings (SSSR count). The molecule has 5 nitrogen and oxygen atoms in total. The zero-order valence-electron chi connectivity index (χ0n) is 13.8. The van der Waals surface area contributed by atoms with Gasteiger partial charge < -0.3 is 23.2 Å². The van der Waals surface area contributed by atoms with Crippen LogP contribution in [0.1, 0.15) is 19.8 Å². The van der Waals surface area contributed by atoms with Crippen LogP contribution in [0.3, 0.4) is 0 Å². The minimum Gasteiger partial charge on any atom is -0.437 e. The lowest BCUT2D eigenvalue weighted by molar-refractivity contribution is -0.128. The summed E-state index contributed by atoms with van der Waals surface area (Å²) in [6.45, 7) is 13.8. The minimum atomic E-state index is -2.74. The first kappa shape index (κ1) is 20.2. The lowest BCUT2D eigenvalue weighted by Crippen LogP contribution is -2.63. The molecular weight excluding hydrogens is 308 g/mol. The zero-order valence-corrected chi connectivity index (χ0v) is 16.9. The number of hydrogen-bond donors (Lipinski definition) is 2. The van der Waals surface area contributed by atoms with Crippen LogP contribution >= 0.6 is 0 Å². The molecule has 0 aromatic heterocycles. The number of aliphatic hydroxyl groups excluding tert-OH is 1. The van der Waals surface area contributed by atoms with Gasteiger partial charge in [0.25, 0.3) is 0 Å². The molecule has 0 aliphatic carbocycles. The second-order valence-corrected chi connectivity index (χ2v) is 19.0. The van der Waals surface area contributed by atoms with Crippen LogP contribution in [0.15, 0.2) is 0 Å². The van der Waals surface area contributed by atoms with Gasteiger partial charge in [0.15, 0.2) is 28.1 Å². The highest BCUT2D eigenvalue weighted by atomic mass is 28.4. The molecule has 0 fully saturated rings. The van der Waals surface area contributed by atoms with E-state index in [-0.39, 0.29) is 0 Å². The van der Waals surface area contributed by atoms with Crippen molar-refractivity contribution >= 4 is 32.2 Å². The van der Waals surface area contributed by atoms with Crippen molar-refractivity contribution in [1.82, 2.24) is 0 Å². The second kappa shape index (κ2) is 7.43. The van der Waals surface area contributed by atoms with Crippen molar-refractivity contribution in [3.05, 3.63) is 0 Å². The molecule has 0 saturated heterocycles. The van der Waals surface area contributed by atoms with Crippen LogP contribution in [0.2, 0.25) is 39.3 Å². The summed E-state index contributed by atoms with van der Waals surface area (Å²) in [6, 6.07) is 0. The summed E-state index contributed by atoms with van der Waals surface area (Å²) in [7, 11) is -6.71. The van der Waals surface area contributed by atoms with Crippen LogP contribution in [0, 0.1) is 0 Å². The highest BCUT2D eigenvalue weighted by Crippen LogP contribution is 2.24. The maximum Gasteiger partial charge on any atom is 0.344 e. The SMILES string of the molecule is CCCC(O)C(O)(C=O)[SiH](O[Si](C)(C)C)O[Si](C)(C)C. The van der Waals surface area contributed by atoms with Crippen molar-refractivity contribution < 1.29 is 23.2 Å². The van der Waals surface area contributed by atoms with E-state index in [1.807, 2.05) is 46.2 Å². The molecule has 0 bridgehead atoms. The largest absolute Gasteiger partial charge is 0.437 e. The van der Waals surface area contributed by atoms with E-state index in [1.165, 1.54) is 0 Å². The Hall–Kier alpha value is 0.161. The van der Waals surface area contributed by atoms with Crippen LogP contribution in [0.5, 0.6) is 0 Å². The van der Waals surface area contributed by atoms with Gasteiger partial charge in [0.1, 0.15) is 0 Å². The smallest absolute Gasteiger partial charge is 0.344 e. The highest BCUT2D eigenvalue weighted by molar-refractivity contribution is 6.82. The third-order valence-electron chi connectivity index (χ3n) is 2.58. The van der Waals surface area contributed by atoms with Gasteiger partial charge in [-0.2, -0.15) is 0 Å². The molecule has 0 amide bonds. The standard InChI is InChI=1S/C12H30O5Si3/c1-8-9-11(14)12(15,10-13)18(16-19(2,3)4)17-20(5,6)7/h10-11,14-15,18H,8-9H2,1-7H3. The first-order chi connectivity index (χ1) is 8.85. The fourth-order valence-electron chi connectivity index (χ4n) is 1.65. The Morgan fingerprint density at radius 1 is 1.15 bits per heavy atom. The lowest BCUT2D eigenvalue weighted by atomic mass is 10.1. The summed E-state index contributed by atoms with van der Waals surface area (Å²) in [5.41, 5.74) is 0. The van der Waals surface area contributed by atoms with E-state index in [2.05, 4.69) is 0 Å². The molecule has 0 aliphatic rings. The van der Waals surface area contributed by atoms with Crippen molar-refractivity contribution in [2.75, 3.05) is 0 Å². The van der Waals surface area contributed by atoms with Gasteiger partial charge in [-0.1, -0.05) is 13.3 Å². The third-order valence-corrected chi connectivity index (χ3v) is 11.2. The fraction of sp³-hybridized carbons (Fsp3) is 0.917. The van der Waals surface area contributed by atoms with Gasteiger partial charge in [0.05, 0.1) is 6.10 Å². The molecule has 0 saturated carbocycles. The normalized spacial score (nSPS) is 17.9. The Balaban J connectivity index is 5.38. The van der Waals surface area contributed by atoms with Crippen molar-refractivity contribution in [2.45, 2.75) is 70.4 Å². The van der Waals surface area contributed by atoms with Crippen LogP contribution in [0.25, 0.3) is 0 Å². The average molecular weight is 339 g/mol. The fourth-order valence-corrected chi connectivity index (χ4v) is 9.52. The predicted octanol–water partition coefficient (Wildman–Crippen LogP) is 1.54. The van der Waals surface area contributed by atoms with Gasteiger partial charge >= 0.3 is 9.28 Å². The quantitative estimate of drug-likeness (QED) is 0.493. The van der Waals surface area contributed by atoms with E-state index < -0.39 is 37.2 Å². The van der Waals surface area contributed by atoms with Crippen LogP contribution in [0.4, 0.5) is 0 Å². The zero-order chi connectivity index (χ0) is 16.2. The number of carbonyl (C=O) groups excluding carboxylic acids is 1. The predicted molar refractivity (Wildman–Crippen MR) is 87.9 cm³/mol. The number of aldehydes is 1. The molecule has 0 heterocycles. The Morgan fingerprint density at radius 2 is 1.55 bits per heavy atom.